The molecule has 1 spiro atoms. The van der Waals surface area contributed by atoms with Crippen molar-refractivity contribution in [2.75, 3.05) is 37.3 Å². The third kappa shape index (κ3) is 4.21. The summed E-state index contributed by atoms with van der Waals surface area (Å²) in [4.78, 5) is 28.9. The molecule has 0 saturated carbocycles. The van der Waals surface area contributed by atoms with Crippen molar-refractivity contribution in [2.24, 2.45) is 5.41 Å². The van der Waals surface area contributed by atoms with Crippen LogP contribution in [0.15, 0.2) is 29.3 Å². The molecule has 5 rings (SSSR count). The Hall–Kier alpha value is -2.89. The minimum atomic E-state index is -3.45. The van der Waals surface area contributed by atoms with Gasteiger partial charge in [-0.2, -0.15) is 0 Å². The molecule has 2 fully saturated rings. The van der Waals surface area contributed by atoms with Crippen molar-refractivity contribution in [3.8, 4) is 0 Å². The number of carbonyl (C=O) groups is 2. The predicted molar refractivity (Wildman–Crippen MR) is 125 cm³/mol. The molecule has 0 aliphatic carbocycles. The van der Waals surface area contributed by atoms with Crippen molar-refractivity contribution in [3.63, 3.8) is 0 Å². The molecule has 1 aromatic heterocycles. The third-order valence-corrected chi connectivity index (χ3v) is 8.58. The van der Waals surface area contributed by atoms with Gasteiger partial charge < -0.3 is 14.7 Å². The summed E-state index contributed by atoms with van der Waals surface area (Å²) in [6.07, 6.45) is 2.42. The number of fused-ring (bicyclic) bond motifs is 1. The topological polar surface area (TPSA) is 130 Å². The predicted octanol–water partition coefficient (Wildman–Crippen LogP) is 1.41. The van der Waals surface area contributed by atoms with Crippen LogP contribution in [0.3, 0.4) is 0 Å². The fraction of sp³-hybridized carbons (Fsp3) is 0.500. The Labute approximate surface area is 203 Å². The molecule has 4 heterocycles. The molecule has 0 bridgehead atoms. The number of nitrogens with zero attached hydrogens (tertiary/aromatic N) is 4. The fourth-order valence-corrected chi connectivity index (χ4v) is 5.90. The number of likely N-dealkylation sites (tertiary alicyclic amines) is 1. The Bertz CT molecular complexity index is 1290. The van der Waals surface area contributed by atoms with Gasteiger partial charge in [0.25, 0.3) is 0 Å². The fourth-order valence-electron chi connectivity index (χ4n) is 5.39. The van der Waals surface area contributed by atoms with Gasteiger partial charge in [0, 0.05) is 24.9 Å². The molecular formula is C24H28N4O6S. The summed E-state index contributed by atoms with van der Waals surface area (Å²) in [7, 11) is -3.45. The summed E-state index contributed by atoms with van der Waals surface area (Å²) in [5.41, 5.74) is 2.62. The highest BCUT2D eigenvalue weighted by Gasteiger charge is 2.49. The molecule has 11 heteroatoms. The zero-order valence-corrected chi connectivity index (χ0v) is 20.5. The molecule has 2 saturated heterocycles. The van der Waals surface area contributed by atoms with E-state index in [9.17, 15) is 23.1 Å². The quantitative estimate of drug-likeness (QED) is 0.606. The number of rotatable bonds is 5. The van der Waals surface area contributed by atoms with Crippen LogP contribution >= 0.6 is 0 Å². The summed E-state index contributed by atoms with van der Waals surface area (Å²) < 4.78 is 28.4. The molecular weight excluding hydrogens is 472 g/mol. The first kappa shape index (κ1) is 23.8. The average Bonchev–Trinajstić information content (AvgIpc) is 3.36. The zero-order valence-electron chi connectivity index (χ0n) is 19.7. The summed E-state index contributed by atoms with van der Waals surface area (Å²) in [6, 6.07) is 6.43. The van der Waals surface area contributed by atoms with Crippen LogP contribution in [0.4, 0.5) is 5.82 Å². The van der Waals surface area contributed by atoms with E-state index in [1.165, 1.54) is 12.1 Å². The maximum absolute atomic E-state index is 13.3. The van der Waals surface area contributed by atoms with E-state index in [1.54, 1.807) is 17.0 Å². The minimum absolute atomic E-state index is 0.00163. The summed E-state index contributed by atoms with van der Waals surface area (Å²) in [6.45, 7) is 4.47. The number of carbonyl (C=O) groups excluding carboxylic acids is 2. The van der Waals surface area contributed by atoms with E-state index < -0.39 is 21.4 Å². The Morgan fingerprint density at radius 2 is 1.80 bits per heavy atom. The van der Waals surface area contributed by atoms with Crippen LogP contribution in [0.1, 0.15) is 52.4 Å². The lowest BCUT2D eigenvalue weighted by atomic mass is 9.77. The maximum Gasteiger partial charge on any atom is 0.338 e. The Balaban J connectivity index is 1.22. The number of hydrogen-bond acceptors (Lipinski definition) is 9. The number of cyclic esters (lactones) is 1. The van der Waals surface area contributed by atoms with E-state index in [4.69, 9.17) is 4.74 Å². The van der Waals surface area contributed by atoms with Gasteiger partial charge in [-0.15, -0.1) is 10.2 Å². The highest BCUT2D eigenvalue weighted by atomic mass is 32.2. The van der Waals surface area contributed by atoms with Gasteiger partial charge in [-0.3, -0.25) is 9.69 Å². The van der Waals surface area contributed by atoms with Crippen molar-refractivity contribution in [3.05, 3.63) is 46.5 Å². The van der Waals surface area contributed by atoms with Crippen molar-refractivity contribution >= 4 is 27.5 Å². The normalized spacial score (nSPS) is 20.8. The number of ether oxygens (including phenoxy) is 1. The first-order chi connectivity index (χ1) is 16.6. The third-order valence-electron chi connectivity index (χ3n) is 7.61. The number of anilines is 1. The van der Waals surface area contributed by atoms with E-state index in [2.05, 4.69) is 15.1 Å². The summed E-state index contributed by atoms with van der Waals surface area (Å²) >= 11 is 0. The number of piperidine rings is 1. The maximum atomic E-state index is 13.3. The van der Waals surface area contributed by atoms with Gasteiger partial charge in [0.15, 0.2) is 20.7 Å². The number of aromatic nitrogens is 2. The smallest absolute Gasteiger partial charge is 0.338 e. The lowest BCUT2D eigenvalue weighted by Gasteiger charge is -2.38. The Morgan fingerprint density at radius 3 is 2.46 bits per heavy atom. The molecule has 1 amide bonds. The van der Waals surface area contributed by atoms with Crippen molar-refractivity contribution in [1.82, 2.24) is 15.1 Å². The molecule has 0 unspecified atom stereocenters. The van der Waals surface area contributed by atoms with Crippen molar-refractivity contribution in [2.45, 2.75) is 43.9 Å². The molecule has 0 radical (unpaired) electrons. The summed E-state index contributed by atoms with van der Waals surface area (Å²) in [5.74, 6) is 0.0444. The number of aliphatic hydroxyl groups excluding tert-OH is 1. The largest absolute Gasteiger partial charge is 0.457 e. The SMILES string of the molecule is Cc1c([C@@H](O)CN2CCC3(CC2)CCN(c2ccc(S(C)(=O)=O)nn2)C3=O)ccc2c1COC2=O. The van der Waals surface area contributed by atoms with Gasteiger partial charge in [0.1, 0.15) is 6.61 Å². The first-order valence-electron chi connectivity index (χ1n) is 11.6. The minimum Gasteiger partial charge on any atom is -0.457 e. The Morgan fingerprint density at radius 1 is 1.09 bits per heavy atom. The second kappa shape index (κ2) is 8.65. The highest BCUT2D eigenvalue weighted by Crippen LogP contribution is 2.43. The molecule has 3 aliphatic heterocycles. The van der Waals surface area contributed by atoms with E-state index in [0.717, 1.165) is 22.9 Å². The van der Waals surface area contributed by atoms with Crippen LogP contribution in [0.2, 0.25) is 0 Å². The lowest BCUT2D eigenvalue weighted by Crippen LogP contribution is -2.45. The van der Waals surface area contributed by atoms with E-state index in [1.807, 2.05) is 6.92 Å². The monoisotopic (exact) mass is 500 g/mol. The van der Waals surface area contributed by atoms with E-state index in [-0.39, 0.29) is 23.5 Å². The van der Waals surface area contributed by atoms with E-state index in [0.29, 0.717) is 56.8 Å². The zero-order chi connectivity index (χ0) is 25.0. The van der Waals surface area contributed by atoms with Gasteiger partial charge >= 0.3 is 5.97 Å². The van der Waals surface area contributed by atoms with Crippen molar-refractivity contribution in [1.29, 1.82) is 0 Å². The average molecular weight is 501 g/mol. The summed E-state index contributed by atoms with van der Waals surface area (Å²) in [5, 5.41) is 18.6. The Kier molecular flexibility index (Phi) is 5.89. The first-order valence-corrected chi connectivity index (χ1v) is 13.5. The van der Waals surface area contributed by atoms with Crippen LogP contribution < -0.4 is 4.90 Å². The number of amides is 1. The van der Waals surface area contributed by atoms with Crippen molar-refractivity contribution < 1.29 is 27.9 Å². The van der Waals surface area contributed by atoms with E-state index >= 15 is 0 Å². The van der Waals surface area contributed by atoms with Crippen LogP contribution in [0.5, 0.6) is 0 Å². The van der Waals surface area contributed by atoms with Crippen LogP contribution in [0, 0.1) is 12.3 Å². The molecule has 1 aromatic carbocycles. The molecule has 186 valence electrons. The molecule has 3 aliphatic rings. The van der Waals surface area contributed by atoms with Gasteiger partial charge in [-0.1, -0.05) is 6.07 Å². The molecule has 1 atom stereocenters. The number of hydrogen-bond donors (Lipinski definition) is 1. The highest BCUT2D eigenvalue weighted by molar-refractivity contribution is 7.90. The van der Waals surface area contributed by atoms with Crippen LogP contribution in [0.25, 0.3) is 0 Å². The second-order valence-electron chi connectivity index (χ2n) is 9.69. The van der Waals surface area contributed by atoms with Gasteiger partial charge in [0.05, 0.1) is 17.1 Å². The molecule has 10 nitrogen and oxygen atoms in total. The van der Waals surface area contributed by atoms with Gasteiger partial charge in [0.2, 0.25) is 5.91 Å². The molecule has 1 N–H and O–H groups in total. The lowest BCUT2D eigenvalue weighted by molar-refractivity contribution is -0.128. The number of esters is 1. The van der Waals surface area contributed by atoms with Gasteiger partial charge in [-0.25, -0.2) is 13.2 Å². The number of aliphatic hydroxyl groups is 1. The number of β-amino-alcohol motifs (C(OH)–C–C–N with tert-alkyl or cyclic N) is 1. The van der Waals surface area contributed by atoms with Gasteiger partial charge in [-0.05, 0) is 68.6 Å². The van der Waals surface area contributed by atoms with Crippen LogP contribution in [-0.2, 0) is 26.0 Å². The van der Waals surface area contributed by atoms with Crippen LogP contribution in [-0.4, -0.2) is 72.9 Å². The molecule has 2 aromatic rings. The molecule has 35 heavy (non-hydrogen) atoms. The number of benzene rings is 1. The number of sulfone groups is 1. The standard InChI is InChI=1S/C24H28N4O6S/c1-15-16(3-4-17-18(15)14-34-22(17)30)19(29)13-27-10-7-24(8-11-27)9-12-28(23(24)31)20-5-6-21(26-25-20)35(2,32)33/h3-6,19,29H,7-14H2,1-2H3/t19-/m0/s1. The second-order valence-corrected chi connectivity index (χ2v) is 11.7.